The number of hydrogen-bond donors (Lipinski definition) is 1. The van der Waals surface area contributed by atoms with Gasteiger partial charge in [-0.3, -0.25) is 4.68 Å². The summed E-state index contributed by atoms with van der Waals surface area (Å²) in [6, 6.07) is 9.28. The fourth-order valence-corrected chi connectivity index (χ4v) is 3.50. The highest BCUT2D eigenvalue weighted by Crippen LogP contribution is 2.32. The first-order valence-corrected chi connectivity index (χ1v) is 9.56. The molecule has 0 radical (unpaired) electrons. The molecule has 0 saturated carbocycles. The summed E-state index contributed by atoms with van der Waals surface area (Å²) in [6.45, 7) is 5.02. The number of ether oxygens (including phenoxy) is 2. The predicted octanol–water partition coefficient (Wildman–Crippen LogP) is 2.59. The van der Waals surface area contributed by atoms with Crippen molar-refractivity contribution in [3.8, 4) is 17.6 Å². The summed E-state index contributed by atoms with van der Waals surface area (Å²) in [5.74, 6) is 1.47. The molecule has 3 heterocycles. The fraction of sp³-hybridized carbons (Fsp3) is 0.450. The summed E-state index contributed by atoms with van der Waals surface area (Å²) in [7, 11) is 0. The smallest absolute Gasteiger partial charge is 0.318 e. The van der Waals surface area contributed by atoms with E-state index in [4.69, 9.17) is 14.7 Å². The van der Waals surface area contributed by atoms with Gasteiger partial charge in [0.05, 0.1) is 31.5 Å². The van der Waals surface area contributed by atoms with E-state index in [2.05, 4.69) is 16.5 Å². The van der Waals surface area contributed by atoms with E-state index in [1.807, 2.05) is 29.8 Å². The molecule has 0 fully saturated rings. The van der Waals surface area contributed by atoms with Crippen molar-refractivity contribution in [2.75, 3.05) is 19.8 Å². The van der Waals surface area contributed by atoms with Gasteiger partial charge in [-0.25, -0.2) is 4.79 Å². The minimum absolute atomic E-state index is 0.132. The van der Waals surface area contributed by atoms with E-state index in [1.54, 1.807) is 11.0 Å². The van der Waals surface area contributed by atoms with Gasteiger partial charge in [0, 0.05) is 19.5 Å². The second-order valence-electron chi connectivity index (χ2n) is 7.06. The molecule has 2 amide bonds. The van der Waals surface area contributed by atoms with Crippen LogP contribution in [0.3, 0.4) is 0 Å². The molecule has 1 N–H and O–H groups in total. The second-order valence-corrected chi connectivity index (χ2v) is 7.06. The first kappa shape index (κ1) is 18.2. The average molecular weight is 381 g/mol. The summed E-state index contributed by atoms with van der Waals surface area (Å²) in [6.07, 6.45) is 1.65. The molecule has 1 unspecified atom stereocenters. The second kappa shape index (κ2) is 7.80. The molecule has 0 spiro atoms. The Balaban J connectivity index is 1.44. The number of carbonyl (C=O) groups is 1. The topological polar surface area (TPSA) is 92.4 Å². The lowest BCUT2D eigenvalue weighted by Crippen LogP contribution is -2.40. The molecule has 2 aliphatic heterocycles. The summed E-state index contributed by atoms with van der Waals surface area (Å²) in [5, 5.41) is 16.4. The van der Waals surface area contributed by atoms with E-state index in [0.29, 0.717) is 38.5 Å². The third-order valence-electron chi connectivity index (χ3n) is 5.03. The molecule has 1 aromatic heterocycles. The highest BCUT2D eigenvalue weighted by molar-refractivity contribution is 5.74. The first-order chi connectivity index (χ1) is 13.6. The molecule has 0 aliphatic carbocycles. The zero-order valence-electron chi connectivity index (χ0n) is 15.9. The number of hydrogen-bond acceptors (Lipinski definition) is 5. The van der Waals surface area contributed by atoms with Crippen LogP contribution in [0.15, 0.2) is 24.3 Å². The maximum absolute atomic E-state index is 12.8. The van der Waals surface area contributed by atoms with Crippen LogP contribution in [0.5, 0.6) is 11.5 Å². The summed E-state index contributed by atoms with van der Waals surface area (Å²) in [4.78, 5) is 14.6. The van der Waals surface area contributed by atoms with Crippen LogP contribution in [-0.4, -0.2) is 40.5 Å². The van der Waals surface area contributed by atoms with Crippen molar-refractivity contribution in [1.82, 2.24) is 20.0 Å². The molecular weight excluding hydrogens is 358 g/mol. The van der Waals surface area contributed by atoms with Crippen molar-refractivity contribution in [2.45, 2.75) is 38.9 Å². The van der Waals surface area contributed by atoms with Gasteiger partial charge in [-0.15, -0.1) is 0 Å². The van der Waals surface area contributed by atoms with Gasteiger partial charge >= 0.3 is 6.03 Å². The van der Waals surface area contributed by atoms with Crippen molar-refractivity contribution in [1.29, 1.82) is 5.26 Å². The molecule has 28 heavy (non-hydrogen) atoms. The Bertz CT molecular complexity index is 917. The van der Waals surface area contributed by atoms with Gasteiger partial charge in [0.15, 0.2) is 17.2 Å². The number of aryl methyl sites for hydroxylation is 1. The molecule has 2 aliphatic rings. The van der Waals surface area contributed by atoms with E-state index < -0.39 is 0 Å². The van der Waals surface area contributed by atoms with E-state index in [9.17, 15) is 4.79 Å². The van der Waals surface area contributed by atoms with E-state index in [0.717, 1.165) is 35.6 Å². The number of nitrogens with zero attached hydrogens (tertiary/aromatic N) is 4. The van der Waals surface area contributed by atoms with Crippen LogP contribution in [0.25, 0.3) is 0 Å². The third kappa shape index (κ3) is 3.74. The summed E-state index contributed by atoms with van der Waals surface area (Å²) >= 11 is 0. The molecule has 1 aromatic carbocycles. The maximum atomic E-state index is 12.8. The molecule has 4 rings (SSSR count). The van der Waals surface area contributed by atoms with Crippen LogP contribution in [0.4, 0.5) is 4.79 Å². The average Bonchev–Trinajstić information content (AvgIpc) is 2.86. The van der Waals surface area contributed by atoms with Crippen molar-refractivity contribution in [2.24, 2.45) is 0 Å². The number of amides is 2. The standard InChI is InChI=1S/C20H23N5O3/c1-14(15-4-5-18-19(10-15)28-9-3-8-27-18)22-20(26)24-6-2-7-25-17(13-24)11-16(12-21)23-25/h4-5,10-11,14H,2-3,6-9,13H2,1H3,(H,22,26). The van der Waals surface area contributed by atoms with Gasteiger partial charge < -0.3 is 19.7 Å². The molecule has 8 nitrogen and oxygen atoms in total. The molecule has 146 valence electrons. The fourth-order valence-electron chi connectivity index (χ4n) is 3.50. The van der Waals surface area contributed by atoms with Gasteiger partial charge in [0.1, 0.15) is 6.07 Å². The Morgan fingerprint density at radius 3 is 2.86 bits per heavy atom. The van der Waals surface area contributed by atoms with E-state index in [-0.39, 0.29) is 12.1 Å². The van der Waals surface area contributed by atoms with Gasteiger partial charge in [-0.1, -0.05) is 6.07 Å². The minimum Gasteiger partial charge on any atom is -0.490 e. The van der Waals surface area contributed by atoms with Gasteiger partial charge in [0.2, 0.25) is 0 Å². The van der Waals surface area contributed by atoms with E-state index in [1.165, 1.54) is 0 Å². The van der Waals surface area contributed by atoms with Gasteiger partial charge in [-0.05, 0) is 37.1 Å². The highest BCUT2D eigenvalue weighted by Gasteiger charge is 2.22. The van der Waals surface area contributed by atoms with Crippen LogP contribution in [-0.2, 0) is 13.1 Å². The SMILES string of the molecule is CC(NC(=O)N1CCCn2nc(C#N)cc2C1)c1ccc2c(c1)OCCCO2. The van der Waals surface area contributed by atoms with Crippen molar-refractivity contribution in [3.05, 3.63) is 41.2 Å². The number of carbonyl (C=O) groups excluding carboxylic acids is 1. The third-order valence-corrected chi connectivity index (χ3v) is 5.03. The number of nitrogens with one attached hydrogen (secondary N) is 1. The van der Waals surface area contributed by atoms with Crippen LogP contribution >= 0.6 is 0 Å². The molecule has 0 saturated heterocycles. The van der Waals surface area contributed by atoms with Gasteiger partial charge in [0.25, 0.3) is 0 Å². The lowest BCUT2D eigenvalue weighted by molar-refractivity contribution is 0.192. The number of rotatable bonds is 2. The molecular formula is C20H23N5O3. The maximum Gasteiger partial charge on any atom is 0.318 e. The summed E-state index contributed by atoms with van der Waals surface area (Å²) < 4.78 is 13.2. The normalized spacial score (nSPS) is 16.9. The zero-order valence-corrected chi connectivity index (χ0v) is 15.9. The Hall–Kier alpha value is -3.21. The number of urea groups is 1. The predicted molar refractivity (Wildman–Crippen MR) is 101 cm³/mol. The van der Waals surface area contributed by atoms with Crippen LogP contribution in [0.2, 0.25) is 0 Å². The molecule has 0 bridgehead atoms. The first-order valence-electron chi connectivity index (χ1n) is 9.56. The minimum atomic E-state index is -0.174. The molecule has 2 aromatic rings. The Morgan fingerprint density at radius 1 is 1.21 bits per heavy atom. The highest BCUT2D eigenvalue weighted by atomic mass is 16.5. The van der Waals surface area contributed by atoms with Crippen LogP contribution in [0.1, 0.15) is 42.8 Å². The monoisotopic (exact) mass is 381 g/mol. The quantitative estimate of drug-likeness (QED) is 0.863. The molecule has 1 atom stereocenters. The Labute approximate surface area is 163 Å². The number of nitriles is 1. The number of aromatic nitrogens is 2. The van der Waals surface area contributed by atoms with Crippen LogP contribution in [0, 0.1) is 11.3 Å². The molecule has 8 heteroatoms. The summed E-state index contributed by atoms with van der Waals surface area (Å²) in [5.41, 5.74) is 2.23. The van der Waals surface area contributed by atoms with E-state index >= 15 is 0 Å². The lowest BCUT2D eigenvalue weighted by atomic mass is 10.1. The largest absolute Gasteiger partial charge is 0.490 e. The zero-order chi connectivity index (χ0) is 19.5. The Morgan fingerprint density at radius 2 is 2.04 bits per heavy atom. The Kier molecular flexibility index (Phi) is 5.06. The lowest BCUT2D eigenvalue weighted by Gasteiger charge is -2.24. The van der Waals surface area contributed by atoms with Crippen molar-refractivity contribution < 1.29 is 14.3 Å². The number of fused-ring (bicyclic) bond motifs is 2. The number of benzene rings is 1. The van der Waals surface area contributed by atoms with Crippen LogP contribution < -0.4 is 14.8 Å². The van der Waals surface area contributed by atoms with Crippen molar-refractivity contribution in [3.63, 3.8) is 0 Å². The van der Waals surface area contributed by atoms with Gasteiger partial charge in [-0.2, -0.15) is 10.4 Å². The van der Waals surface area contributed by atoms with Crippen molar-refractivity contribution >= 4 is 6.03 Å².